The maximum absolute atomic E-state index is 14.3. The van der Waals surface area contributed by atoms with Crippen molar-refractivity contribution in [3.05, 3.63) is 131 Å². The average molecular weight is 883 g/mol. The van der Waals surface area contributed by atoms with Crippen LogP contribution in [0.1, 0.15) is 88.9 Å². The summed E-state index contributed by atoms with van der Waals surface area (Å²) in [5, 5.41) is 20.9. The number of aliphatic hydroxyl groups excluding tert-OH is 1. The van der Waals surface area contributed by atoms with Gasteiger partial charge >= 0.3 is 0 Å². The first-order valence-electron chi connectivity index (χ1n) is 21.6. The largest absolute Gasteiger partial charge is 0.497 e. The molecular formula is C48H62N6O8S. The highest BCUT2D eigenvalue weighted by atomic mass is 32.2. The number of hydrogen-bond donors (Lipinski definition) is 4. The molecule has 0 radical (unpaired) electrons. The van der Waals surface area contributed by atoms with Crippen molar-refractivity contribution in [2.75, 3.05) is 57.4 Å². The van der Waals surface area contributed by atoms with E-state index in [1.807, 2.05) is 79.7 Å². The summed E-state index contributed by atoms with van der Waals surface area (Å²) in [6.45, 7) is 5.21. The van der Waals surface area contributed by atoms with E-state index in [1.54, 1.807) is 19.2 Å². The van der Waals surface area contributed by atoms with Crippen molar-refractivity contribution in [2.45, 2.75) is 76.6 Å². The topological polar surface area (TPSA) is 178 Å². The molecule has 4 aromatic rings. The van der Waals surface area contributed by atoms with Crippen LogP contribution in [0.4, 0.5) is 5.69 Å². The SMILES string of the molecule is COc1cccc(CN(C[C@@H](O)[C@H](Cc2ccccc2)NC(=O)c2cc(C(=O)N[C@H](C)c3ccccc3)cc(N(C)S(C)(=O)=O)c2)C(=O)CCCC(=O)NCCN2CCCCC2)c1. The number of amides is 4. The van der Waals surface area contributed by atoms with Gasteiger partial charge in [0.25, 0.3) is 11.8 Å². The summed E-state index contributed by atoms with van der Waals surface area (Å²) in [7, 11) is -0.912. The molecule has 5 rings (SSSR count). The van der Waals surface area contributed by atoms with Gasteiger partial charge < -0.3 is 35.6 Å². The minimum atomic E-state index is -3.80. The van der Waals surface area contributed by atoms with Crippen LogP contribution in [0, 0.1) is 0 Å². The van der Waals surface area contributed by atoms with Gasteiger partial charge in [-0.05, 0) is 92.7 Å². The molecule has 63 heavy (non-hydrogen) atoms. The van der Waals surface area contributed by atoms with Crippen molar-refractivity contribution in [3.8, 4) is 5.75 Å². The van der Waals surface area contributed by atoms with E-state index in [0.29, 0.717) is 18.7 Å². The van der Waals surface area contributed by atoms with Crippen LogP contribution >= 0.6 is 0 Å². The minimum Gasteiger partial charge on any atom is -0.497 e. The Morgan fingerprint density at radius 2 is 1.44 bits per heavy atom. The van der Waals surface area contributed by atoms with E-state index in [1.165, 1.54) is 49.4 Å². The van der Waals surface area contributed by atoms with Crippen LogP contribution in [0.2, 0.25) is 0 Å². The zero-order valence-electron chi connectivity index (χ0n) is 36.8. The van der Waals surface area contributed by atoms with E-state index in [-0.39, 0.29) is 61.0 Å². The molecule has 0 unspecified atom stereocenters. The lowest BCUT2D eigenvalue weighted by Gasteiger charge is -2.31. The lowest BCUT2D eigenvalue weighted by atomic mass is 9.99. The number of carbonyl (C=O) groups is 4. The van der Waals surface area contributed by atoms with Crippen molar-refractivity contribution in [1.29, 1.82) is 0 Å². The van der Waals surface area contributed by atoms with E-state index in [9.17, 15) is 32.7 Å². The third-order valence-corrected chi connectivity index (χ3v) is 12.5. The molecule has 4 N–H and O–H groups in total. The molecule has 1 fully saturated rings. The predicted molar refractivity (Wildman–Crippen MR) is 245 cm³/mol. The highest BCUT2D eigenvalue weighted by molar-refractivity contribution is 7.92. The number of ether oxygens (including phenoxy) is 1. The molecule has 4 aromatic carbocycles. The first-order valence-corrected chi connectivity index (χ1v) is 23.4. The van der Waals surface area contributed by atoms with Crippen LogP contribution in [-0.2, 0) is 32.6 Å². The van der Waals surface area contributed by atoms with Crippen LogP contribution in [0.25, 0.3) is 0 Å². The summed E-state index contributed by atoms with van der Waals surface area (Å²) in [6, 6.07) is 28.7. The summed E-state index contributed by atoms with van der Waals surface area (Å²) >= 11 is 0. The first kappa shape index (κ1) is 48.3. The number of benzene rings is 4. The Morgan fingerprint density at radius 1 is 0.810 bits per heavy atom. The van der Waals surface area contributed by atoms with Gasteiger partial charge in [-0.25, -0.2) is 8.42 Å². The van der Waals surface area contributed by atoms with E-state index in [4.69, 9.17) is 4.74 Å². The molecule has 1 aliphatic heterocycles. The maximum Gasteiger partial charge on any atom is 0.251 e. The molecule has 1 saturated heterocycles. The molecule has 338 valence electrons. The molecule has 0 spiro atoms. The quantitative estimate of drug-likeness (QED) is 0.0838. The lowest BCUT2D eigenvalue weighted by molar-refractivity contribution is -0.133. The van der Waals surface area contributed by atoms with Crippen LogP contribution in [0.3, 0.4) is 0 Å². The number of anilines is 1. The number of piperidine rings is 1. The normalized spacial score (nSPS) is 14.4. The maximum atomic E-state index is 14.3. The number of likely N-dealkylation sites (tertiary alicyclic amines) is 1. The Bertz CT molecular complexity index is 2240. The van der Waals surface area contributed by atoms with E-state index >= 15 is 0 Å². The highest BCUT2D eigenvalue weighted by Gasteiger charge is 2.28. The first-order chi connectivity index (χ1) is 30.2. The Balaban J connectivity index is 1.36. The summed E-state index contributed by atoms with van der Waals surface area (Å²) in [5.41, 5.74) is 2.56. The minimum absolute atomic E-state index is 0.00991. The molecule has 1 aliphatic rings. The molecule has 4 amide bonds. The Hall–Kier alpha value is -5.77. The number of rotatable bonds is 22. The van der Waals surface area contributed by atoms with Gasteiger partial charge in [0.2, 0.25) is 21.8 Å². The van der Waals surface area contributed by atoms with Crippen LogP contribution < -0.4 is 25.0 Å². The highest BCUT2D eigenvalue weighted by Crippen LogP contribution is 2.23. The van der Waals surface area contributed by atoms with Crippen LogP contribution in [0.5, 0.6) is 5.75 Å². The molecule has 0 bridgehead atoms. The Labute approximate surface area is 372 Å². The van der Waals surface area contributed by atoms with Gasteiger partial charge in [-0.15, -0.1) is 0 Å². The molecule has 0 aliphatic carbocycles. The number of methoxy groups -OCH3 is 1. The van der Waals surface area contributed by atoms with Gasteiger partial charge in [0, 0.05) is 57.2 Å². The van der Waals surface area contributed by atoms with E-state index in [0.717, 1.165) is 46.9 Å². The number of hydrogen-bond acceptors (Lipinski definition) is 9. The van der Waals surface area contributed by atoms with Gasteiger partial charge in [-0.2, -0.15) is 0 Å². The lowest BCUT2D eigenvalue weighted by Crippen LogP contribution is -2.50. The summed E-state index contributed by atoms with van der Waals surface area (Å²) in [5.74, 6) is -0.989. The van der Waals surface area contributed by atoms with Gasteiger partial charge in [0.1, 0.15) is 5.75 Å². The fraction of sp³-hybridized carbons (Fsp3) is 0.417. The van der Waals surface area contributed by atoms with E-state index < -0.39 is 40.0 Å². The predicted octanol–water partition coefficient (Wildman–Crippen LogP) is 5.09. The number of carbonyl (C=O) groups excluding carboxylic acids is 4. The number of nitrogens with one attached hydrogen (secondary N) is 3. The van der Waals surface area contributed by atoms with Crippen molar-refractivity contribution < 1.29 is 37.4 Å². The molecule has 1 heterocycles. The van der Waals surface area contributed by atoms with Gasteiger partial charge in [-0.3, -0.25) is 23.5 Å². The molecule has 15 heteroatoms. The number of aliphatic hydroxyl groups is 1. The van der Waals surface area contributed by atoms with Crippen molar-refractivity contribution in [2.24, 2.45) is 0 Å². The van der Waals surface area contributed by atoms with Crippen molar-refractivity contribution in [3.63, 3.8) is 0 Å². The second-order valence-electron chi connectivity index (χ2n) is 16.2. The summed E-state index contributed by atoms with van der Waals surface area (Å²) in [6.07, 6.45) is 4.03. The fourth-order valence-corrected chi connectivity index (χ4v) is 8.02. The fourth-order valence-electron chi connectivity index (χ4n) is 7.54. The third kappa shape index (κ3) is 15.2. The number of sulfonamides is 1. The molecule has 0 aromatic heterocycles. The molecule has 3 atom stereocenters. The van der Waals surface area contributed by atoms with Crippen LogP contribution in [-0.4, -0.2) is 112 Å². The third-order valence-electron chi connectivity index (χ3n) is 11.3. The monoisotopic (exact) mass is 882 g/mol. The second kappa shape index (κ2) is 23.6. The van der Waals surface area contributed by atoms with Crippen LogP contribution in [0.15, 0.2) is 103 Å². The Kier molecular flexibility index (Phi) is 18.1. The summed E-state index contributed by atoms with van der Waals surface area (Å²) < 4.78 is 31.8. The van der Waals surface area contributed by atoms with Gasteiger partial charge in [-0.1, -0.05) is 79.2 Å². The molecule has 0 saturated carbocycles. The standard InChI is InChI=1S/C48H62N6O8S/c1-35(38-19-10-6-11-20-38)50-47(58)39-30-40(32-41(31-39)52(2)63(4,60)61)48(59)51-43(29-36-16-8-5-9-17-36)44(55)34-54(33-37-18-14-21-42(28-37)62-3)46(57)23-15-22-45(56)49-24-27-53-25-12-7-13-26-53/h5-6,8-11,14,16-21,28,30-32,35,43-44,55H,7,12-13,15,22-27,29,33-34H2,1-4H3,(H,49,56)(H,50,58)(H,51,59)/t35-,43+,44-/m1/s1. The zero-order valence-corrected chi connectivity index (χ0v) is 37.6. The second-order valence-corrected chi connectivity index (χ2v) is 18.2. The van der Waals surface area contributed by atoms with Gasteiger partial charge in [0.15, 0.2) is 0 Å². The van der Waals surface area contributed by atoms with E-state index in [2.05, 4.69) is 20.9 Å². The van der Waals surface area contributed by atoms with Crippen molar-refractivity contribution >= 4 is 39.3 Å². The summed E-state index contributed by atoms with van der Waals surface area (Å²) in [4.78, 5) is 58.5. The van der Waals surface area contributed by atoms with Crippen molar-refractivity contribution in [1.82, 2.24) is 25.8 Å². The average Bonchev–Trinajstić information content (AvgIpc) is 3.28. The zero-order chi connectivity index (χ0) is 45.4. The smallest absolute Gasteiger partial charge is 0.251 e. The van der Waals surface area contributed by atoms with Gasteiger partial charge in [0.05, 0.1) is 37.2 Å². The molecular weight excluding hydrogens is 821 g/mol. The Morgan fingerprint density at radius 3 is 2.10 bits per heavy atom. The number of nitrogens with zero attached hydrogens (tertiary/aromatic N) is 3. The molecule has 14 nitrogen and oxygen atoms in total.